The van der Waals surface area contributed by atoms with Gasteiger partial charge >= 0.3 is 24.4 Å². The van der Waals surface area contributed by atoms with Crippen LogP contribution in [-0.2, 0) is 98.4 Å². The summed E-state index contributed by atoms with van der Waals surface area (Å²) in [4.78, 5) is 55.4. The number of ether oxygens (including phenoxy) is 8. The predicted octanol–water partition coefficient (Wildman–Crippen LogP) is 11.0. The first-order valence-electron chi connectivity index (χ1n) is 30.8. The SMILES string of the molecule is CC(C)(C)OC(=O)NC[C@H]1CN(C(=O)OCc2ccccc2)CCO1.CC(C)(C)OC(=O)NC[C@H]1CN(Cc2ccc(Cl)c(Cl)c2)CCO1.CC(C)(C)OC(=O)NC[C@H]1CNCCO1.CCN(CC)CC.CO.NC[C@H]1CN(Cc2ccc(Cl)c(Cl)c2)CCO1.[CH3-].[CH3-].[HH].[Pd].[Pd]. The Balaban J connectivity index is -0.000000555. The third-order valence-electron chi connectivity index (χ3n) is 13.1. The Morgan fingerprint density at radius 1 is 0.574 bits per heavy atom. The van der Waals surface area contributed by atoms with Crippen molar-refractivity contribution < 1.29 is 104 Å². The van der Waals surface area contributed by atoms with Crippen molar-refractivity contribution in [3.05, 3.63) is 118 Å². The van der Waals surface area contributed by atoms with E-state index in [2.05, 4.69) is 56.7 Å². The molecule has 0 bridgehead atoms. The zero-order valence-corrected chi connectivity index (χ0v) is 64.2. The van der Waals surface area contributed by atoms with Crippen molar-refractivity contribution in [2.24, 2.45) is 5.73 Å². The number of nitrogens with one attached hydrogen (secondary N) is 4. The summed E-state index contributed by atoms with van der Waals surface area (Å²) in [6.07, 6.45) is -1.85. The van der Waals surface area contributed by atoms with Crippen LogP contribution in [0.15, 0.2) is 66.7 Å². The molecule has 4 saturated heterocycles. The van der Waals surface area contributed by atoms with E-state index in [1.165, 1.54) is 19.6 Å². The fourth-order valence-corrected chi connectivity index (χ4v) is 9.32. The van der Waals surface area contributed by atoms with Gasteiger partial charge in [-0.15, -0.1) is 0 Å². The van der Waals surface area contributed by atoms with Crippen molar-refractivity contribution >= 4 is 70.8 Å². The van der Waals surface area contributed by atoms with Crippen molar-refractivity contribution in [3.63, 3.8) is 0 Å². The molecule has 4 atom stereocenters. The number of morpholine rings is 4. The molecule has 0 unspecified atom stereocenters. The summed E-state index contributed by atoms with van der Waals surface area (Å²) in [5.41, 5.74) is 7.31. The molecule has 4 heterocycles. The third kappa shape index (κ3) is 44.7. The minimum Gasteiger partial charge on any atom is -0.445 e. The second kappa shape index (κ2) is 51.9. The molecular weight excluding hydrogens is 1480 g/mol. The third-order valence-corrected chi connectivity index (χ3v) is 14.5. The zero-order chi connectivity index (χ0) is 67.3. The van der Waals surface area contributed by atoms with Crippen LogP contribution >= 0.6 is 46.4 Å². The fraction of sp³-hybridized carbons (Fsp3) is 0.636. The molecule has 7 rings (SSSR count). The molecule has 4 fully saturated rings. The molecule has 550 valence electrons. The van der Waals surface area contributed by atoms with Gasteiger partial charge in [-0.2, -0.15) is 0 Å². The number of aliphatic hydroxyl groups is 1. The number of nitrogens with two attached hydrogens (primary N) is 1. The predicted molar refractivity (Wildman–Crippen MR) is 372 cm³/mol. The van der Waals surface area contributed by atoms with Crippen LogP contribution in [0.3, 0.4) is 0 Å². The van der Waals surface area contributed by atoms with Crippen LogP contribution in [0.2, 0.25) is 20.1 Å². The van der Waals surface area contributed by atoms with E-state index in [0.29, 0.717) is 72.6 Å². The van der Waals surface area contributed by atoms with Crippen molar-refractivity contribution in [1.29, 1.82) is 0 Å². The summed E-state index contributed by atoms with van der Waals surface area (Å²) in [7, 11) is 1.00. The summed E-state index contributed by atoms with van der Waals surface area (Å²) in [5.74, 6) is 0. The maximum absolute atomic E-state index is 12.2. The molecule has 28 heteroatoms. The largest absolute Gasteiger partial charge is 0.445 e. The molecule has 4 aliphatic heterocycles. The zero-order valence-electron chi connectivity index (χ0n) is 58.1. The maximum atomic E-state index is 12.2. The second-order valence-corrected chi connectivity index (χ2v) is 25.8. The van der Waals surface area contributed by atoms with Gasteiger partial charge in [0, 0.05) is 134 Å². The molecule has 0 aliphatic carbocycles. The monoisotopic (exact) mass is 1590 g/mol. The van der Waals surface area contributed by atoms with Crippen molar-refractivity contribution in [1.82, 2.24) is 40.9 Å². The maximum Gasteiger partial charge on any atom is 0.410 e. The molecule has 7 N–H and O–H groups in total. The second-order valence-electron chi connectivity index (χ2n) is 24.1. The van der Waals surface area contributed by atoms with Gasteiger partial charge in [0.15, 0.2) is 0 Å². The number of aliphatic hydroxyl groups excluding tert-OH is 1. The first-order valence-corrected chi connectivity index (χ1v) is 32.3. The molecule has 22 nitrogen and oxygen atoms in total. The van der Waals surface area contributed by atoms with Crippen LogP contribution in [0, 0.1) is 14.9 Å². The fourth-order valence-electron chi connectivity index (χ4n) is 8.68. The van der Waals surface area contributed by atoms with E-state index in [-0.39, 0.29) is 101 Å². The topological polar surface area (TPSA) is 249 Å². The van der Waals surface area contributed by atoms with Gasteiger partial charge in [0.05, 0.1) is 77.5 Å². The molecule has 3 aromatic rings. The first-order chi connectivity index (χ1) is 42.6. The van der Waals surface area contributed by atoms with E-state index in [0.717, 1.165) is 82.8 Å². The summed E-state index contributed by atoms with van der Waals surface area (Å²) < 4.78 is 43.1. The average molecular weight is 1600 g/mol. The molecule has 4 aliphatic rings. The molecule has 0 radical (unpaired) electrons. The molecular formula is C66H113Cl4N9O13Pd2-2. The van der Waals surface area contributed by atoms with Crippen molar-refractivity contribution in [2.45, 2.75) is 144 Å². The van der Waals surface area contributed by atoms with Crippen LogP contribution in [0.4, 0.5) is 19.2 Å². The van der Waals surface area contributed by atoms with Gasteiger partial charge in [0.25, 0.3) is 0 Å². The quantitative estimate of drug-likeness (QED) is 0.0443. The molecule has 0 spiro atoms. The number of nitrogens with zero attached hydrogens (tertiary/aromatic N) is 4. The van der Waals surface area contributed by atoms with Crippen LogP contribution in [0.25, 0.3) is 0 Å². The van der Waals surface area contributed by atoms with E-state index in [1.807, 2.05) is 102 Å². The number of carbonyl (C=O) groups is 4. The number of amides is 4. The number of benzene rings is 3. The van der Waals surface area contributed by atoms with Crippen LogP contribution < -0.4 is 27.0 Å². The molecule has 94 heavy (non-hydrogen) atoms. The summed E-state index contributed by atoms with van der Waals surface area (Å²) in [6, 6.07) is 20.9. The smallest absolute Gasteiger partial charge is 0.410 e. The van der Waals surface area contributed by atoms with E-state index in [4.69, 9.17) is 95.1 Å². The van der Waals surface area contributed by atoms with Gasteiger partial charge < -0.3 is 94.7 Å². The van der Waals surface area contributed by atoms with Gasteiger partial charge in [-0.3, -0.25) is 9.80 Å². The average Bonchev–Trinajstić information content (AvgIpc) is 1.08. The Kier molecular flexibility index (Phi) is 52.5. The summed E-state index contributed by atoms with van der Waals surface area (Å²) in [5, 5.41) is 20.6. The van der Waals surface area contributed by atoms with Crippen LogP contribution in [0.1, 0.15) is 101 Å². The van der Waals surface area contributed by atoms with Crippen LogP contribution in [-0.4, -0.2) is 222 Å². The van der Waals surface area contributed by atoms with E-state index < -0.39 is 35.1 Å². The number of halogens is 4. The molecule has 0 saturated carbocycles. The van der Waals surface area contributed by atoms with E-state index in [9.17, 15) is 19.2 Å². The van der Waals surface area contributed by atoms with Crippen molar-refractivity contribution in [2.75, 3.05) is 132 Å². The Morgan fingerprint density at radius 2 is 0.968 bits per heavy atom. The molecule has 3 aromatic carbocycles. The summed E-state index contributed by atoms with van der Waals surface area (Å²) >= 11 is 23.9. The minimum atomic E-state index is -0.551. The Bertz CT molecular complexity index is 2500. The van der Waals surface area contributed by atoms with Gasteiger partial charge in [0.1, 0.15) is 23.4 Å². The van der Waals surface area contributed by atoms with Gasteiger partial charge in [-0.1, -0.05) is 110 Å². The van der Waals surface area contributed by atoms with Crippen LogP contribution in [0.5, 0.6) is 0 Å². The summed E-state index contributed by atoms with van der Waals surface area (Å²) in [6.45, 7) is 38.5. The normalized spacial score (nSPS) is 17.9. The van der Waals surface area contributed by atoms with Gasteiger partial charge in [-0.05, 0) is 123 Å². The standard InChI is InChI=1S/C18H26N2O5.C17H24Cl2N2O3.C12H16Cl2N2O.C10H20N2O3.C6H15N.CH4O.2CH3.2Pd.H2/c1-18(2,3)25-16(21)19-11-15-12-20(9-10-23-15)17(22)24-13-14-7-5-4-6-8-14;1-17(2,3)24-16(22)20-9-13-11-21(6-7-23-13)10-12-4-5-14(18)15(19)8-12;13-11-2-1-9(5-12(11)14)7-16-3-4-17-10(6-15)8-16;1-10(2,3)15-9(13)12-7-8-6-11-4-5-14-8;1-4-7(5-2)6-3;1-2;;;;;/h4-8,15H,9-13H2,1-3H3,(H,19,21);4-5,8,13H,6-7,9-11H2,1-3H3,(H,20,22);1-2,5,10H,3-4,6-8,15H2;8,11H,4-7H2,1-3H3,(H,12,13);4-6H2,1-3H3;2H,1H3;2*1H3;;;1H/q;;;;;;2*-1;;;/t15-;13-;10-;8-;;;;;;;/m0001......./s1. The molecule has 4 amide bonds. The number of rotatable bonds is 16. The Labute approximate surface area is 611 Å². The minimum absolute atomic E-state index is 0. The Hall–Kier alpha value is -3.18. The van der Waals surface area contributed by atoms with Gasteiger partial charge in [0.2, 0.25) is 0 Å². The number of carbonyl (C=O) groups excluding carboxylic acids is 4. The van der Waals surface area contributed by atoms with Gasteiger partial charge in [-0.25, -0.2) is 19.2 Å². The Morgan fingerprint density at radius 3 is 1.35 bits per heavy atom. The number of hydrogen-bond donors (Lipinski definition) is 6. The van der Waals surface area contributed by atoms with E-state index in [1.54, 1.807) is 31.7 Å². The number of hydrogen-bond acceptors (Lipinski definition) is 18. The first kappa shape index (κ1) is 95.0. The van der Waals surface area contributed by atoms with E-state index >= 15 is 0 Å². The van der Waals surface area contributed by atoms with Crippen molar-refractivity contribution in [3.8, 4) is 0 Å². The number of alkyl carbamates (subject to hydrolysis) is 3. The molecule has 0 aromatic heterocycles.